The van der Waals surface area contributed by atoms with Crippen LogP contribution in [0.4, 0.5) is 4.79 Å². The van der Waals surface area contributed by atoms with Crippen molar-refractivity contribution in [2.24, 2.45) is 5.73 Å². The maximum atomic E-state index is 10.7. The van der Waals surface area contributed by atoms with E-state index in [2.05, 4.69) is 0 Å². The Labute approximate surface area is 89.2 Å². The highest BCUT2D eigenvalue weighted by molar-refractivity contribution is 5.64. The molecule has 1 aliphatic carbocycles. The Balaban J connectivity index is 1.67. The molecule has 0 aromatic rings. The summed E-state index contributed by atoms with van der Waals surface area (Å²) in [6.45, 7) is 1.19. The Morgan fingerprint density at radius 1 is 1.27 bits per heavy atom. The zero-order valence-corrected chi connectivity index (χ0v) is 8.76. The second kappa shape index (κ2) is 4.37. The van der Waals surface area contributed by atoms with Gasteiger partial charge in [-0.2, -0.15) is 0 Å². The molecule has 0 atom stereocenters. The molecule has 1 amide bonds. The summed E-state index contributed by atoms with van der Waals surface area (Å²) in [6.07, 6.45) is 3.28. The van der Waals surface area contributed by atoms with Gasteiger partial charge in [0.05, 0.1) is 12.2 Å². The number of ether oxygens (including phenoxy) is 1. The van der Waals surface area contributed by atoms with Crippen LogP contribution in [0.3, 0.4) is 0 Å². The smallest absolute Gasteiger partial charge is 0.407 e. The molecule has 2 fully saturated rings. The molecule has 5 nitrogen and oxygen atoms in total. The second-order valence-electron chi connectivity index (χ2n) is 4.46. The zero-order valence-electron chi connectivity index (χ0n) is 8.76. The molecule has 15 heavy (non-hydrogen) atoms. The lowest BCUT2D eigenvalue weighted by Gasteiger charge is -2.38. The predicted molar refractivity (Wildman–Crippen MR) is 54.7 cm³/mol. The van der Waals surface area contributed by atoms with Crippen molar-refractivity contribution < 1.29 is 14.6 Å². The molecule has 2 aliphatic rings. The van der Waals surface area contributed by atoms with Crippen molar-refractivity contribution in [3.63, 3.8) is 0 Å². The van der Waals surface area contributed by atoms with Crippen molar-refractivity contribution in [2.75, 3.05) is 13.1 Å². The highest BCUT2D eigenvalue weighted by atomic mass is 16.5. The van der Waals surface area contributed by atoms with Crippen LogP contribution in [0.1, 0.15) is 25.7 Å². The van der Waals surface area contributed by atoms with Gasteiger partial charge in [0, 0.05) is 19.1 Å². The third-order valence-corrected chi connectivity index (χ3v) is 3.23. The van der Waals surface area contributed by atoms with Crippen molar-refractivity contribution in [1.29, 1.82) is 0 Å². The minimum Gasteiger partial charge on any atom is -0.465 e. The van der Waals surface area contributed by atoms with Gasteiger partial charge in [0.2, 0.25) is 0 Å². The number of piperidine rings is 1. The van der Waals surface area contributed by atoms with E-state index in [4.69, 9.17) is 15.6 Å². The third kappa shape index (κ3) is 2.60. The molecule has 0 unspecified atom stereocenters. The van der Waals surface area contributed by atoms with E-state index >= 15 is 0 Å². The molecule has 0 aromatic carbocycles. The van der Waals surface area contributed by atoms with Crippen molar-refractivity contribution in [1.82, 2.24) is 4.90 Å². The molecule has 1 aliphatic heterocycles. The Morgan fingerprint density at radius 2 is 1.87 bits per heavy atom. The molecule has 1 heterocycles. The van der Waals surface area contributed by atoms with Gasteiger partial charge in [0.1, 0.15) is 0 Å². The van der Waals surface area contributed by atoms with Crippen molar-refractivity contribution >= 4 is 6.09 Å². The van der Waals surface area contributed by atoms with Crippen molar-refractivity contribution in [3.05, 3.63) is 0 Å². The summed E-state index contributed by atoms with van der Waals surface area (Å²) < 4.78 is 5.83. The van der Waals surface area contributed by atoms with Gasteiger partial charge in [0.25, 0.3) is 0 Å². The third-order valence-electron chi connectivity index (χ3n) is 3.23. The Morgan fingerprint density at radius 3 is 2.33 bits per heavy atom. The van der Waals surface area contributed by atoms with E-state index in [1.807, 2.05) is 0 Å². The summed E-state index contributed by atoms with van der Waals surface area (Å²) in [6, 6.07) is 0.314. The van der Waals surface area contributed by atoms with Gasteiger partial charge in [-0.1, -0.05) is 0 Å². The average Bonchev–Trinajstić information content (AvgIpc) is 2.16. The molecule has 0 aromatic heterocycles. The molecule has 0 bridgehead atoms. The molecule has 3 N–H and O–H groups in total. The molecular formula is C10H18N2O3. The molecule has 0 spiro atoms. The highest BCUT2D eigenvalue weighted by Gasteiger charge is 2.31. The van der Waals surface area contributed by atoms with Gasteiger partial charge in [-0.3, -0.25) is 0 Å². The average molecular weight is 214 g/mol. The quantitative estimate of drug-likeness (QED) is 0.707. The fourth-order valence-corrected chi connectivity index (χ4v) is 2.17. The Kier molecular flexibility index (Phi) is 3.11. The van der Waals surface area contributed by atoms with E-state index in [0.29, 0.717) is 25.2 Å². The second-order valence-corrected chi connectivity index (χ2v) is 4.46. The monoisotopic (exact) mass is 214 g/mol. The summed E-state index contributed by atoms with van der Waals surface area (Å²) in [5.41, 5.74) is 5.67. The number of hydrogen-bond donors (Lipinski definition) is 2. The Hall–Kier alpha value is -0.810. The van der Waals surface area contributed by atoms with Crippen LogP contribution in [-0.4, -0.2) is 47.4 Å². The van der Waals surface area contributed by atoms with Gasteiger partial charge >= 0.3 is 6.09 Å². The minimum atomic E-state index is -0.820. The number of nitrogens with two attached hydrogens (primary N) is 1. The van der Waals surface area contributed by atoms with Gasteiger partial charge in [0.15, 0.2) is 0 Å². The Bertz CT molecular complexity index is 233. The maximum Gasteiger partial charge on any atom is 0.407 e. The largest absolute Gasteiger partial charge is 0.465 e. The normalized spacial score (nSPS) is 32.5. The summed E-state index contributed by atoms with van der Waals surface area (Å²) >= 11 is 0. The lowest BCUT2D eigenvalue weighted by Crippen LogP contribution is -2.46. The van der Waals surface area contributed by atoms with E-state index in [0.717, 1.165) is 25.7 Å². The van der Waals surface area contributed by atoms with Crippen LogP contribution >= 0.6 is 0 Å². The molecule has 0 radical (unpaired) electrons. The van der Waals surface area contributed by atoms with Gasteiger partial charge < -0.3 is 20.5 Å². The van der Waals surface area contributed by atoms with Crippen LogP contribution in [0, 0.1) is 0 Å². The SMILES string of the molecule is NC1CC(OC2CCN(C(=O)O)CC2)C1. The van der Waals surface area contributed by atoms with Crippen LogP contribution in [0.15, 0.2) is 0 Å². The van der Waals surface area contributed by atoms with E-state index < -0.39 is 6.09 Å². The maximum absolute atomic E-state index is 10.7. The van der Waals surface area contributed by atoms with Crippen LogP contribution < -0.4 is 5.73 Å². The fourth-order valence-electron chi connectivity index (χ4n) is 2.17. The van der Waals surface area contributed by atoms with Crippen LogP contribution in [0.5, 0.6) is 0 Å². The lowest BCUT2D eigenvalue weighted by molar-refractivity contribution is -0.0773. The molecule has 1 saturated carbocycles. The fraction of sp³-hybridized carbons (Fsp3) is 0.900. The van der Waals surface area contributed by atoms with Gasteiger partial charge in [-0.25, -0.2) is 4.79 Å². The predicted octanol–water partition coefficient (Wildman–Crippen LogP) is 0.635. The number of amides is 1. The number of likely N-dealkylation sites (tertiary alicyclic amines) is 1. The number of hydrogen-bond acceptors (Lipinski definition) is 3. The molecule has 1 saturated heterocycles. The molecule has 5 heteroatoms. The minimum absolute atomic E-state index is 0.234. The highest BCUT2D eigenvalue weighted by Crippen LogP contribution is 2.25. The van der Waals surface area contributed by atoms with E-state index in [1.54, 1.807) is 0 Å². The first-order valence-corrected chi connectivity index (χ1v) is 5.54. The first-order chi connectivity index (χ1) is 7.15. The van der Waals surface area contributed by atoms with Gasteiger partial charge in [-0.15, -0.1) is 0 Å². The van der Waals surface area contributed by atoms with E-state index in [-0.39, 0.29) is 6.10 Å². The summed E-state index contributed by atoms with van der Waals surface area (Å²) in [7, 11) is 0. The van der Waals surface area contributed by atoms with E-state index in [1.165, 1.54) is 4.90 Å². The van der Waals surface area contributed by atoms with Crippen molar-refractivity contribution in [2.45, 2.75) is 43.9 Å². The first kappa shape index (κ1) is 10.7. The summed E-state index contributed by atoms with van der Waals surface area (Å²) in [5, 5.41) is 8.77. The summed E-state index contributed by atoms with van der Waals surface area (Å²) in [4.78, 5) is 12.1. The number of rotatable bonds is 2. The number of carbonyl (C=O) groups is 1. The molecule has 2 rings (SSSR count). The van der Waals surface area contributed by atoms with Crippen LogP contribution in [0.25, 0.3) is 0 Å². The number of nitrogens with zero attached hydrogens (tertiary/aromatic N) is 1. The lowest BCUT2D eigenvalue weighted by atomic mass is 9.90. The standard InChI is InChI=1S/C10H18N2O3/c11-7-5-9(6-7)15-8-1-3-12(4-2-8)10(13)14/h7-9H,1-6,11H2,(H,13,14). The summed E-state index contributed by atoms with van der Waals surface area (Å²) in [5.74, 6) is 0. The van der Waals surface area contributed by atoms with E-state index in [9.17, 15) is 4.79 Å². The van der Waals surface area contributed by atoms with Gasteiger partial charge in [-0.05, 0) is 25.7 Å². The zero-order chi connectivity index (χ0) is 10.8. The molecule has 86 valence electrons. The topological polar surface area (TPSA) is 75.8 Å². The van der Waals surface area contributed by atoms with Crippen molar-refractivity contribution in [3.8, 4) is 0 Å². The first-order valence-electron chi connectivity index (χ1n) is 5.54. The van der Waals surface area contributed by atoms with Crippen LogP contribution in [0.2, 0.25) is 0 Å². The molecular weight excluding hydrogens is 196 g/mol. The van der Waals surface area contributed by atoms with Crippen LogP contribution in [-0.2, 0) is 4.74 Å². The number of carboxylic acid groups (broad SMARTS) is 1.